The van der Waals surface area contributed by atoms with Crippen LogP contribution in [0.4, 0.5) is 5.95 Å². The molecule has 15 heavy (non-hydrogen) atoms. The van der Waals surface area contributed by atoms with Gasteiger partial charge in [0.25, 0.3) is 0 Å². The van der Waals surface area contributed by atoms with E-state index in [-0.39, 0.29) is 0 Å². The Morgan fingerprint density at radius 3 is 2.87 bits per heavy atom. The highest BCUT2D eigenvalue weighted by atomic mass is 15.4. The van der Waals surface area contributed by atoms with E-state index >= 15 is 0 Å². The molecule has 5 nitrogen and oxygen atoms in total. The predicted molar refractivity (Wildman–Crippen MR) is 60.1 cm³/mol. The topological polar surface area (TPSA) is 56.8 Å². The van der Waals surface area contributed by atoms with Crippen LogP contribution in [0, 0.1) is 0 Å². The maximum Gasteiger partial charge on any atom is 0.244 e. The van der Waals surface area contributed by atoms with Gasteiger partial charge >= 0.3 is 0 Å². The van der Waals surface area contributed by atoms with Crippen molar-refractivity contribution in [3.8, 4) is 0 Å². The van der Waals surface area contributed by atoms with E-state index in [2.05, 4.69) is 46.2 Å². The first-order valence-electron chi connectivity index (χ1n) is 5.57. The van der Waals surface area contributed by atoms with Crippen LogP contribution in [-0.4, -0.2) is 40.9 Å². The molecule has 1 saturated heterocycles. The van der Waals surface area contributed by atoms with Crippen molar-refractivity contribution in [2.45, 2.75) is 32.7 Å². The summed E-state index contributed by atoms with van der Waals surface area (Å²) in [6.45, 7) is 9.39. The smallest absolute Gasteiger partial charge is 0.244 e. The molecule has 1 atom stereocenters. The number of hydrogen-bond donors (Lipinski definition) is 2. The van der Waals surface area contributed by atoms with Crippen molar-refractivity contribution in [1.29, 1.82) is 0 Å². The van der Waals surface area contributed by atoms with E-state index in [1.54, 1.807) is 0 Å². The van der Waals surface area contributed by atoms with Crippen molar-refractivity contribution in [1.82, 2.24) is 20.5 Å². The average Bonchev–Trinajstić information content (AvgIpc) is 2.66. The van der Waals surface area contributed by atoms with Crippen LogP contribution in [0.2, 0.25) is 0 Å². The van der Waals surface area contributed by atoms with Crippen LogP contribution in [0.1, 0.15) is 32.5 Å². The summed E-state index contributed by atoms with van der Waals surface area (Å²) in [6, 6.07) is 0.514. The van der Waals surface area contributed by atoms with Crippen LogP contribution < -0.4 is 10.2 Å². The van der Waals surface area contributed by atoms with Crippen molar-refractivity contribution >= 4 is 5.95 Å². The van der Waals surface area contributed by atoms with Crippen LogP contribution in [0.3, 0.4) is 0 Å². The number of aromatic amines is 1. The van der Waals surface area contributed by atoms with Gasteiger partial charge in [-0.3, -0.25) is 5.10 Å². The molecule has 0 spiro atoms. The van der Waals surface area contributed by atoms with Crippen LogP contribution in [0.15, 0.2) is 0 Å². The molecular weight excluding hydrogens is 190 g/mol. The largest absolute Gasteiger partial charge is 0.337 e. The Balaban J connectivity index is 2.08. The van der Waals surface area contributed by atoms with Gasteiger partial charge in [-0.25, -0.2) is 0 Å². The lowest BCUT2D eigenvalue weighted by Gasteiger charge is -2.30. The number of piperazine rings is 1. The number of nitrogens with zero attached hydrogens (tertiary/aromatic N) is 3. The second kappa shape index (κ2) is 4.18. The van der Waals surface area contributed by atoms with Crippen molar-refractivity contribution < 1.29 is 0 Å². The van der Waals surface area contributed by atoms with E-state index in [1.807, 2.05) is 0 Å². The number of rotatable bonds is 2. The molecule has 2 rings (SSSR count). The first-order chi connectivity index (χ1) is 7.16. The fourth-order valence-electron chi connectivity index (χ4n) is 1.78. The highest BCUT2D eigenvalue weighted by Gasteiger charge is 2.19. The third kappa shape index (κ3) is 2.28. The molecular formula is C10H19N5. The molecule has 0 amide bonds. The maximum absolute atomic E-state index is 4.50. The highest BCUT2D eigenvalue weighted by Crippen LogP contribution is 2.14. The lowest BCUT2D eigenvalue weighted by Crippen LogP contribution is -2.49. The van der Waals surface area contributed by atoms with Gasteiger partial charge in [0.2, 0.25) is 5.95 Å². The maximum atomic E-state index is 4.50. The minimum Gasteiger partial charge on any atom is -0.337 e. The van der Waals surface area contributed by atoms with Crippen LogP contribution in [-0.2, 0) is 0 Å². The zero-order valence-corrected chi connectivity index (χ0v) is 9.62. The van der Waals surface area contributed by atoms with E-state index in [1.165, 1.54) is 0 Å². The molecule has 1 aromatic rings. The second-order valence-electron chi connectivity index (χ2n) is 4.48. The molecule has 1 fully saturated rings. The minimum absolute atomic E-state index is 0.409. The Bertz CT molecular complexity index is 319. The monoisotopic (exact) mass is 209 g/mol. The Morgan fingerprint density at radius 2 is 2.27 bits per heavy atom. The summed E-state index contributed by atoms with van der Waals surface area (Å²) in [6.07, 6.45) is 0. The fraction of sp³-hybridized carbons (Fsp3) is 0.800. The molecule has 0 saturated carbocycles. The molecule has 1 aliphatic heterocycles. The summed E-state index contributed by atoms with van der Waals surface area (Å²) in [5, 5.41) is 10.7. The molecule has 1 unspecified atom stereocenters. The van der Waals surface area contributed by atoms with Gasteiger partial charge in [0.15, 0.2) is 0 Å². The molecule has 0 aromatic carbocycles. The summed E-state index contributed by atoms with van der Waals surface area (Å²) >= 11 is 0. The Hall–Kier alpha value is -1.10. The fourth-order valence-corrected chi connectivity index (χ4v) is 1.78. The van der Waals surface area contributed by atoms with Crippen molar-refractivity contribution in [2.75, 3.05) is 24.5 Å². The third-order valence-electron chi connectivity index (χ3n) is 2.69. The summed E-state index contributed by atoms with van der Waals surface area (Å²) < 4.78 is 0. The Labute approximate surface area is 90.3 Å². The van der Waals surface area contributed by atoms with Crippen LogP contribution >= 0.6 is 0 Å². The molecule has 5 heteroatoms. The zero-order chi connectivity index (χ0) is 10.8. The summed E-state index contributed by atoms with van der Waals surface area (Å²) in [5.41, 5.74) is 0. The number of anilines is 1. The lowest BCUT2D eigenvalue weighted by molar-refractivity contribution is 0.479. The van der Waals surface area contributed by atoms with E-state index in [4.69, 9.17) is 0 Å². The number of nitrogens with one attached hydrogen (secondary N) is 2. The third-order valence-corrected chi connectivity index (χ3v) is 2.69. The Kier molecular flexibility index (Phi) is 2.90. The second-order valence-corrected chi connectivity index (χ2v) is 4.48. The predicted octanol–water partition coefficient (Wildman–Crippen LogP) is 0.726. The van der Waals surface area contributed by atoms with Gasteiger partial charge in [0.1, 0.15) is 5.82 Å². The number of hydrogen-bond acceptors (Lipinski definition) is 4. The van der Waals surface area contributed by atoms with Crippen LogP contribution in [0.5, 0.6) is 0 Å². The standard InChI is InChI=1S/C10H19N5/c1-7(2)9-12-10(14-13-9)15-5-4-11-8(3)6-15/h7-8,11H,4-6H2,1-3H3,(H,12,13,14). The van der Waals surface area contributed by atoms with Gasteiger partial charge in [0, 0.05) is 31.6 Å². The molecule has 84 valence electrons. The first-order valence-corrected chi connectivity index (χ1v) is 5.57. The van der Waals surface area contributed by atoms with Crippen molar-refractivity contribution in [3.05, 3.63) is 5.82 Å². The SMILES string of the molecule is CC1CN(c2n[nH]c(C(C)C)n2)CCN1. The molecule has 1 aliphatic rings. The molecule has 1 aromatic heterocycles. The van der Waals surface area contributed by atoms with Gasteiger partial charge in [-0.2, -0.15) is 4.98 Å². The van der Waals surface area contributed by atoms with Gasteiger partial charge < -0.3 is 10.2 Å². The van der Waals surface area contributed by atoms with Gasteiger partial charge in [-0.05, 0) is 6.92 Å². The number of aromatic nitrogens is 3. The highest BCUT2D eigenvalue weighted by molar-refractivity contribution is 5.30. The van der Waals surface area contributed by atoms with Crippen molar-refractivity contribution in [3.63, 3.8) is 0 Å². The average molecular weight is 209 g/mol. The summed E-state index contributed by atoms with van der Waals surface area (Å²) in [7, 11) is 0. The molecule has 0 radical (unpaired) electrons. The van der Waals surface area contributed by atoms with E-state index in [0.717, 1.165) is 31.4 Å². The van der Waals surface area contributed by atoms with Crippen molar-refractivity contribution in [2.24, 2.45) is 0 Å². The van der Waals surface area contributed by atoms with Gasteiger partial charge in [-0.1, -0.05) is 13.8 Å². The molecule has 2 heterocycles. The molecule has 0 bridgehead atoms. The number of H-pyrrole nitrogens is 1. The first kappa shape index (κ1) is 10.4. The summed E-state index contributed by atoms with van der Waals surface area (Å²) in [5.74, 6) is 2.22. The molecule has 2 N–H and O–H groups in total. The van der Waals surface area contributed by atoms with Gasteiger partial charge in [0.05, 0.1) is 0 Å². The van der Waals surface area contributed by atoms with Gasteiger partial charge in [-0.15, -0.1) is 5.10 Å². The van der Waals surface area contributed by atoms with E-state index in [9.17, 15) is 0 Å². The lowest BCUT2D eigenvalue weighted by atomic mass is 10.2. The summed E-state index contributed by atoms with van der Waals surface area (Å²) in [4.78, 5) is 6.73. The Morgan fingerprint density at radius 1 is 1.47 bits per heavy atom. The quantitative estimate of drug-likeness (QED) is 0.754. The minimum atomic E-state index is 0.409. The normalized spacial score (nSPS) is 22.4. The van der Waals surface area contributed by atoms with E-state index in [0.29, 0.717) is 12.0 Å². The molecule has 0 aliphatic carbocycles. The zero-order valence-electron chi connectivity index (χ0n) is 9.62. The van der Waals surface area contributed by atoms with E-state index < -0.39 is 0 Å². The van der Waals surface area contributed by atoms with Crippen LogP contribution in [0.25, 0.3) is 0 Å².